The highest BCUT2D eigenvalue weighted by molar-refractivity contribution is 6.32. The molecule has 0 aliphatic rings. The summed E-state index contributed by atoms with van der Waals surface area (Å²) in [5.74, 6) is 0.456. The largest absolute Gasteiger partial charge is 0.382 e. The molecule has 0 aliphatic heterocycles. The summed E-state index contributed by atoms with van der Waals surface area (Å²) in [6.07, 6.45) is 1.63. The fourth-order valence-electron chi connectivity index (χ4n) is 0.399. The number of hydrogen-bond acceptors (Lipinski definition) is 3. The van der Waals surface area contributed by atoms with Crippen molar-refractivity contribution < 1.29 is 0 Å². The van der Waals surface area contributed by atoms with Gasteiger partial charge in [0.05, 0.1) is 0 Å². The highest BCUT2D eigenvalue weighted by atomic mass is 27.0. The molecule has 1 aromatic heterocycles. The standard InChI is InChI=1S/C4H4N3.Al/c5-4-2-1-3-6-7-4;/h2-3H,(H2,5,7);. The molecule has 2 N–H and O–H groups in total. The Bertz CT molecular complexity index is 171. The smallest absolute Gasteiger partial charge is 0.178 e. The Balaban J connectivity index is 3.08. The fourth-order valence-corrected chi connectivity index (χ4v) is 0.637. The molecule has 38 valence electrons. The molecule has 0 atom stereocenters. The molecule has 0 unspecified atom stereocenters. The molecule has 0 spiro atoms. The van der Waals surface area contributed by atoms with Crippen molar-refractivity contribution in [3.8, 4) is 0 Å². The van der Waals surface area contributed by atoms with E-state index in [0.717, 1.165) is 4.43 Å². The highest BCUT2D eigenvalue weighted by Gasteiger charge is 1.83. The van der Waals surface area contributed by atoms with Crippen molar-refractivity contribution in [2.75, 3.05) is 5.73 Å². The first-order valence-corrected chi connectivity index (χ1v) is 2.70. The van der Waals surface area contributed by atoms with E-state index < -0.39 is 0 Å². The van der Waals surface area contributed by atoms with Gasteiger partial charge >= 0.3 is 0 Å². The van der Waals surface area contributed by atoms with Gasteiger partial charge in [-0.3, -0.25) is 0 Å². The van der Waals surface area contributed by atoms with Gasteiger partial charge in [-0.05, 0) is 6.07 Å². The molecule has 3 nitrogen and oxygen atoms in total. The van der Waals surface area contributed by atoms with Crippen molar-refractivity contribution in [3.05, 3.63) is 12.3 Å². The van der Waals surface area contributed by atoms with Gasteiger partial charge in [0, 0.05) is 6.20 Å². The van der Waals surface area contributed by atoms with Crippen LogP contribution < -0.4 is 10.2 Å². The van der Waals surface area contributed by atoms with E-state index in [1.54, 1.807) is 12.3 Å². The highest BCUT2D eigenvalue weighted by Crippen LogP contribution is 1.83. The summed E-state index contributed by atoms with van der Waals surface area (Å²) >= 11 is 2.48. The van der Waals surface area contributed by atoms with Gasteiger partial charge in [-0.15, -0.1) is 9.52 Å². The Hall–Kier alpha value is -0.588. The molecule has 0 aromatic carbocycles. The SMILES string of the molecule is Nc1c[c]([Al])cnn1. The second-order valence-corrected chi connectivity index (χ2v) is 2.08. The first-order chi connectivity index (χ1) is 3.79. The zero-order valence-electron chi connectivity index (χ0n) is 4.20. The molecule has 1 rings (SSSR count). The lowest BCUT2D eigenvalue weighted by Crippen LogP contribution is -2.06. The van der Waals surface area contributed by atoms with Crippen LogP contribution in [0.1, 0.15) is 0 Å². The number of nitrogen functional groups attached to an aromatic ring is 1. The molecule has 1 aromatic rings. The van der Waals surface area contributed by atoms with E-state index in [0.29, 0.717) is 5.82 Å². The van der Waals surface area contributed by atoms with Gasteiger partial charge in [0.1, 0.15) is 5.82 Å². The minimum atomic E-state index is 0.456. The van der Waals surface area contributed by atoms with Gasteiger partial charge in [-0.2, -0.15) is 5.10 Å². The predicted octanol–water partition coefficient (Wildman–Crippen LogP) is -1.15. The third-order valence-electron chi connectivity index (χ3n) is 0.695. The number of anilines is 1. The number of nitrogens with two attached hydrogens (primary N) is 1. The topological polar surface area (TPSA) is 51.8 Å². The molecule has 8 heavy (non-hydrogen) atoms. The zero-order chi connectivity index (χ0) is 5.98. The van der Waals surface area contributed by atoms with Gasteiger partial charge in [-0.25, -0.2) is 0 Å². The minimum absolute atomic E-state index is 0.456. The maximum absolute atomic E-state index is 5.27. The van der Waals surface area contributed by atoms with Crippen molar-refractivity contribution in [1.82, 2.24) is 10.2 Å². The second-order valence-electron chi connectivity index (χ2n) is 1.41. The first kappa shape index (κ1) is 5.55. The molecule has 0 bridgehead atoms. The van der Waals surface area contributed by atoms with Crippen LogP contribution in [-0.2, 0) is 0 Å². The van der Waals surface area contributed by atoms with E-state index >= 15 is 0 Å². The van der Waals surface area contributed by atoms with Crippen LogP contribution in [-0.4, -0.2) is 26.5 Å². The Morgan fingerprint density at radius 1 is 1.62 bits per heavy atom. The van der Waals surface area contributed by atoms with Crippen LogP contribution in [0.25, 0.3) is 0 Å². The molecule has 2 radical (unpaired) electrons. The van der Waals surface area contributed by atoms with Gasteiger partial charge in [0.15, 0.2) is 16.3 Å². The number of nitrogens with zero attached hydrogens (tertiary/aromatic N) is 2. The Labute approximate surface area is 55.3 Å². The van der Waals surface area contributed by atoms with E-state index in [9.17, 15) is 0 Å². The zero-order valence-corrected chi connectivity index (χ0v) is 5.36. The molecule has 0 fully saturated rings. The molecular weight excluding hydrogens is 117 g/mol. The maximum atomic E-state index is 5.27. The number of aromatic nitrogens is 2. The van der Waals surface area contributed by atoms with Crippen molar-refractivity contribution in [1.29, 1.82) is 0 Å². The van der Waals surface area contributed by atoms with Crippen LogP contribution in [0.15, 0.2) is 12.3 Å². The quantitative estimate of drug-likeness (QED) is 0.441. The van der Waals surface area contributed by atoms with E-state index in [4.69, 9.17) is 5.73 Å². The molecule has 0 amide bonds. The van der Waals surface area contributed by atoms with Crippen LogP contribution in [0.2, 0.25) is 0 Å². The second kappa shape index (κ2) is 2.12. The Morgan fingerprint density at radius 2 is 2.38 bits per heavy atom. The Morgan fingerprint density at radius 3 is 2.75 bits per heavy atom. The molecular formula is C4H4AlN3. The molecule has 1 heterocycles. The summed E-state index contributed by atoms with van der Waals surface area (Å²) in [4.78, 5) is 0. The number of rotatable bonds is 0. The van der Waals surface area contributed by atoms with Crippen LogP contribution in [0, 0.1) is 0 Å². The monoisotopic (exact) mass is 121 g/mol. The molecule has 0 saturated heterocycles. The van der Waals surface area contributed by atoms with Crippen LogP contribution in [0.4, 0.5) is 5.82 Å². The van der Waals surface area contributed by atoms with Crippen molar-refractivity contribution >= 4 is 26.5 Å². The van der Waals surface area contributed by atoms with Crippen molar-refractivity contribution in [3.63, 3.8) is 0 Å². The van der Waals surface area contributed by atoms with Crippen LogP contribution in [0.5, 0.6) is 0 Å². The molecule has 0 aliphatic carbocycles. The van der Waals surface area contributed by atoms with Crippen LogP contribution in [0.3, 0.4) is 0 Å². The summed E-state index contributed by atoms with van der Waals surface area (Å²) in [6.45, 7) is 0. The van der Waals surface area contributed by atoms with Crippen molar-refractivity contribution in [2.24, 2.45) is 0 Å². The minimum Gasteiger partial charge on any atom is -0.382 e. The Kier molecular flexibility index (Phi) is 1.47. The van der Waals surface area contributed by atoms with Gasteiger partial charge in [0.25, 0.3) is 0 Å². The van der Waals surface area contributed by atoms with E-state index in [2.05, 4.69) is 26.5 Å². The van der Waals surface area contributed by atoms with E-state index in [-0.39, 0.29) is 0 Å². The van der Waals surface area contributed by atoms with E-state index in [1.807, 2.05) is 0 Å². The fraction of sp³-hybridized carbons (Fsp3) is 0. The summed E-state index contributed by atoms with van der Waals surface area (Å²) < 4.78 is 0.956. The molecule has 4 heteroatoms. The van der Waals surface area contributed by atoms with Gasteiger partial charge in [0.2, 0.25) is 0 Å². The summed E-state index contributed by atoms with van der Waals surface area (Å²) in [5, 5.41) is 7.14. The average Bonchev–Trinajstić information content (AvgIpc) is 1.64. The van der Waals surface area contributed by atoms with Gasteiger partial charge < -0.3 is 5.73 Å². The maximum Gasteiger partial charge on any atom is 0.178 e. The lowest BCUT2D eigenvalue weighted by Gasteiger charge is -1.89. The number of hydrogen-bond donors (Lipinski definition) is 1. The lowest BCUT2D eigenvalue weighted by molar-refractivity contribution is 1.05. The normalized spacial score (nSPS) is 9.00. The third-order valence-corrected chi connectivity index (χ3v) is 1.01. The third kappa shape index (κ3) is 1.19. The summed E-state index contributed by atoms with van der Waals surface area (Å²) in [6, 6.07) is 1.73. The summed E-state index contributed by atoms with van der Waals surface area (Å²) in [7, 11) is 0. The summed E-state index contributed by atoms with van der Waals surface area (Å²) in [5.41, 5.74) is 5.27. The molecule has 0 saturated carbocycles. The van der Waals surface area contributed by atoms with E-state index in [1.165, 1.54) is 0 Å². The lowest BCUT2D eigenvalue weighted by atomic mass is 10.5. The van der Waals surface area contributed by atoms with Crippen molar-refractivity contribution in [2.45, 2.75) is 0 Å². The van der Waals surface area contributed by atoms with Gasteiger partial charge in [-0.1, -0.05) is 0 Å². The van der Waals surface area contributed by atoms with Crippen LogP contribution >= 0.6 is 0 Å². The first-order valence-electron chi connectivity index (χ1n) is 2.13. The average molecular weight is 121 g/mol. The predicted molar refractivity (Wildman–Crippen MR) is 31.8 cm³/mol.